The molecule has 0 saturated carbocycles. The first kappa shape index (κ1) is 11.8. The molecule has 0 aliphatic carbocycles. The lowest BCUT2D eigenvalue weighted by molar-refractivity contribution is 1.53. The highest BCUT2D eigenvalue weighted by atomic mass is 79.9. The molecule has 0 bridgehead atoms. The van der Waals surface area contributed by atoms with E-state index >= 15 is 0 Å². The van der Waals surface area contributed by atoms with Crippen LogP contribution >= 0.6 is 39.1 Å². The quantitative estimate of drug-likeness (QED) is 0.771. The van der Waals surface area contributed by atoms with E-state index < -0.39 is 0 Å². The maximum absolute atomic E-state index is 6.05. The number of nitrogens with one attached hydrogen (secondary N) is 1. The van der Waals surface area contributed by atoms with Crippen molar-refractivity contribution in [3.05, 3.63) is 57.0 Å². The second kappa shape index (κ2) is 5.09. The van der Waals surface area contributed by atoms with Gasteiger partial charge in [-0.3, -0.25) is 0 Å². The van der Waals surface area contributed by atoms with Crippen molar-refractivity contribution in [1.82, 2.24) is 0 Å². The molecule has 0 aliphatic heterocycles. The average Bonchev–Trinajstić information content (AvgIpc) is 2.26. The van der Waals surface area contributed by atoms with Crippen molar-refractivity contribution in [3.63, 3.8) is 0 Å². The Bertz CT molecular complexity index is 477. The standard InChI is InChI=1S/C12H8BrCl2N/c13-8-4-6-9(7-5-8)16-12-10(14)2-1-3-11(12)15/h1-7,16H. The van der Waals surface area contributed by atoms with Crippen molar-refractivity contribution in [2.24, 2.45) is 0 Å². The fourth-order valence-corrected chi connectivity index (χ4v) is 2.05. The molecule has 2 aromatic rings. The number of hydrogen-bond acceptors (Lipinski definition) is 1. The van der Waals surface area contributed by atoms with Gasteiger partial charge in [0.05, 0.1) is 15.7 Å². The SMILES string of the molecule is Clc1cccc(Cl)c1Nc1ccc(Br)cc1. The van der Waals surface area contributed by atoms with Gasteiger partial charge in [0, 0.05) is 10.2 Å². The molecule has 16 heavy (non-hydrogen) atoms. The zero-order valence-corrected chi connectivity index (χ0v) is 11.3. The van der Waals surface area contributed by atoms with Gasteiger partial charge in [-0.05, 0) is 36.4 Å². The van der Waals surface area contributed by atoms with E-state index in [2.05, 4.69) is 21.2 Å². The van der Waals surface area contributed by atoms with Crippen LogP contribution in [0.5, 0.6) is 0 Å². The minimum Gasteiger partial charge on any atom is -0.353 e. The molecule has 0 amide bonds. The Kier molecular flexibility index (Phi) is 3.74. The van der Waals surface area contributed by atoms with E-state index in [4.69, 9.17) is 23.2 Å². The molecule has 0 heterocycles. The van der Waals surface area contributed by atoms with Crippen molar-refractivity contribution in [1.29, 1.82) is 0 Å². The van der Waals surface area contributed by atoms with Crippen LogP contribution in [0.25, 0.3) is 0 Å². The zero-order valence-electron chi connectivity index (χ0n) is 8.18. The molecular weight excluding hydrogens is 309 g/mol. The van der Waals surface area contributed by atoms with E-state index in [1.54, 1.807) is 12.1 Å². The van der Waals surface area contributed by atoms with E-state index in [1.165, 1.54) is 0 Å². The van der Waals surface area contributed by atoms with Gasteiger partial charge in [-0.25, -0.2) is 0 Å². The normalized spacial score (nSPS) is 10.2. The molecule has 1 nitrogen and oxygen atoms in total. The highest BCUT2D eigenvalue weighted by Crippen LogP contribution is 2.32. The molecule has 2 rings (SSSR count). The topological polar surface area (TPSA) is 12.0 Å². The second-order valence-electron chi connectivity index (χ2n) is 3.23. The summed E-state index contributed by atoms with van der Waals surface area (Å²) >= 11 is 15.5. The van der Waals surface area contributed by atoms with Crippen molar-refractivity contribution in [3.8, 4) is 0 Å². The van der Waals surface area contributed by atoms with Crippen LogP contribution in [0.1, 0.15) is 0 Å². The van der Waals surface area contributed by atoms with Gasteiger partial charge in [-0.1, -0.05) is 45.2 Å². The predicted octanol–water partition coefficient (Wildman–Crippen LogP) is 5.50. The van der Waals surface area contributed by atoms with Crippen LogP contribution in [-0.4, -0.2) is 0 Å². The Morgan fingerprint density at radius 1 is 0.875 bits per heavy atom. The third kappa shape index (κ3) is 2.70. The molecule has 1 N–H and O–H groups in total. The van der Waals surface area contributed by atoms with Gasteiger partial charge in [0.15, 0.2) is 0 Å². The lowest BCUT2D eigenvalue weighted by Crippen LogP contribution is -1.91. The summed E-state index contributed by atoms with van der Waals surface area (Å²) in [4.78, 5) is 0. The van der Waals surface area contributed by atoms with Gasteiger partial charge in [0.25, 0.3) is 0 Å². The molecule has 82 valence electrons. The molecule has 0 unspecified atom stereocenters. The average molecular weight is 317 g/mol. The lowest BCUT2D eigenvalue weighted by Gasteiger charge is -2.10. The summed E-state index contributed by atoms with van der Waals surface area (Å²) in [5.74, 6) is 0. The Morgan fingerprint density at radius 2 is 1.44 bits per heavy atom. The molecule has 0 saturated heterocycles. The maximum atomic E-state index is 6.05. The van der Waals surface area contributed by atoms with Crippen LogP contribution in [0, 0.1) is 0 Å². The smallest absolute Gasteiger partial charge is 0.0762 e. The molecule has 0 atom stereocenters. The number of benzene rings is 2. The highest BCUT2D eigenvalue weighted by Gasteiger charge is 2.04. The summed E-state index contributed by atoms with van der Waals surface area (Å²) in [7, 11) is 0. The first-order valence-corrected chi connectivity index (χ1v) is 6.18. The molecule has 0 aliphatic rings. The maximum Gasteiger partial charge on any atom is 0.0762 e. The highest BCUT2D eigenvalue weighted by molar-refractivity contribution is 9.10. The van der Waals surface area contributed by atoms with E-state index in [-0.39, 0.29) is 0 Å². The van der Waals surface area contributed by atoms with Crippen molar-refractivity contribution >= 4 is 50.5 Å². The Labute approximate surface area is 113 Å². The van der Waals surface area contributed by atoms with Gasteiger partial charge < -0.3 is 5.32 Å². The molecule has 2 aromatic carbocycles. The molecular formula is C12H8BrCl2N. The van der Waals surface area contributed by atoms with Crippen molar-refractivity contribution in [2.75, 3.05) is 5.32 Å². The lowest BCUT2D eigenvalue weighted by atomic mass is 10.2. The van der Waals surface area contributed by atoms with Crippen LogP contribution in [0.15, 0.2) is 46.9 Å². The summed E-state index contributed by atoms with van der Waals surface area (Å²) in [6, 6.07) is 13.2. The third-order valence-electron chi connectivity index (χ3n) is 2.08. The van der Waals surface area contributed by atoms with E-state index in [1.807, 2.05) is 30.3 Å². The Balaban J connectivity index is 2.30. The summed E-state index contributed by atoms with van der Waals surface area (Å²) < 4.78 is 1.03. The first-order chi connectivity index (χ1) is 7.66. The fraction of sp³-hybridized carbons (Fsp3) is 0. The van der Waals surface area contributed by atoms with Crippen LogP contribution in [0.2, 0.25) is 10.0 Å². The predicted molar refractivity (Wildman–Crippen MR) is 73.9 cm³/mol. The fourth-order valence-electron chi connectivity index (χ4n) is 1.29. The van der Waals surface area contributed by atoms with Crippen molar-refractivity contribution < 1.29 is 0 Å². The number of hydrogen-bond donors (Lipinski definition) is 1. The minimum atomic E-state index is 0.607. The summed E-state index contributed by atoms with van der Waals surface area (Å²) in [6.07, 6.45) is 0. The van der Waals surface area contributed by atoms with E-state index in [0.717, 1.165) is 15.8 Å². The largest absolute Gasteiger partial charge is 0.353 e. The third-order valence-corrected chi connectivity index (χ3v) is 3.23. The van der Waals surface area contributed by atoms with E-state index in [9.17, 15) is 0 Å². The summed E-state index contributed by atoms with van der Waals surface area (Å²) in [6.45, 7) is 0. The van der Waals surface area contributed by atoms with Crippen LogP contribution in [0.3, 0.4) is 0 Å². The minimum absolute atomic E-state index is 0.607. The van der Waals surface area contributed by atoms with Crippen LogP contribution in [0.4, 0.5) is 11.4 Å². The summed E-state index contributed by atoms with van der Waals surface area (Å²) in [5.41, 5.74) is 1.67. The molecule has 0 radical (unpaired) electrons. The number of anilines is 2. The Morgan fingerprint density at radius 3 is 2.00 bits per heavy atom. The van der Waals surface area contributed by atoms with Crippen molar-refractivity contribution in [2.45, 2.75) is 0 Å². The van der Waals surface area contributed by atoms with E-state index in [0.29, 0.717) is 10.0 Å². The zero-order chi connectivity index (χ0) is 11.5. The second-order valence-corrected chi connectivity index (χ2v) is 4.96. The number of para-hydroxylation sites is 1. The van der Waals surface area contributed by atoms with Crippen LogP contribution in [-0.2, 0) is 0 Å². The van der Waals surface area contributed by atoms with Crippen LogP contribution < -0.4 is 5.32 Å². The summed E-state index contributed by atoms with van der Waals surface area (Å²) in [5, 5.41) is 4.40. The number of rotatable bonds is 2. The molecule has 0 fully saturated rings. The van der Waals surface area contributed by atoms with Gasteiger partial charge in [-0.15, -0.1) is 0 Å². The molecule has 0 spiro atoms. The van der Waals surface area contributed by atoms with Gasteiger partial charge >= 0.3 is 0 Å². The molecule has 4 heteroatoms. The Hall–Kier alpha value is -0.700. The molecule has 0 aromatic heterocycles. The van der Waals surface area contributed by atoms with Gasteiger partial charge in [-0.2, -0.15) is 0 Å². The van der Waals surface area contributed by atoms with Gasteiger partial charge in [0.1, 0.15) is 0 Å². The number of halogens is 3. The first-order valence-electron chi connectivity index (χ1n) is 4.63. The monoisotopic (exact) mass is 315 g/mol. The van der Waals surface area contributed by atoms with Gasteiger partial charge in [0.2, 0.25) is 0 Å².